The van der Waals surface area contributed by atoms with Crippen LogP contribution in [0.2, 0.25) is 0 Å². The molecule has 0 fully saturated rings. The molecule has 0 spiro atoms. The molecule has 154 valence electrons. The summed E-state index contributed by atoms with van der Waals surface area (Å²) in [6.07, 6.45) is 1.44. The van der Waals surface area contributed by atoms with Crippen molar-refractivity contribution in [1.29, 1.82) is 5.26 Å². The summed E-state index contributed by atoms with van der Waals surface area (Å²) in [5, 5.41) is 22.9. The first kappa shape index (κ1) is 21.7. The number of anilines is 1. The molecule has 0 aliphatic heterocycles. The third kappa shape index (κ3) is 5.78. The van der Waals surface area contributed by atoms with Gasteiger partial charge in [-0.05, 0) is 39.7 Å². The van der Waals surface area contributed by atoms with Gasteiger partial charge in [0.15, 0.2) is 0 Å². The van der Waals surface area contributed by atoms with E-state index in [1.165, 1.54) is 24.3 Å². The largest absolute Gasteiger partial charge is 0.488 e. The summed E-state index contributed by atoms with van der Waals surface area (Å²) in [4.78, 5) is 22.9. The van der Waals surface area contributed by atoms with Crippen molar-refractivity contribution in [2.45, 2.75) is 6.61 Å². The second kappa shape index (κ2) is 10.2. The number of nitro groups is 1. The van der Waals surface area contributed by atoms with Gasteiger partial charge in [-0.25, -0.2) is 0 Å². The molecule has 0 radical (unpaired) electrons. The monoisotopic (exact) mass is 477 g/mol. The number of amides is 1. The molecular formula is C23H16BrN3O4. The van der Waals surface area contributed by atoms with E-state index in [-0.39, 0.29) is 11.3 Å². The van der Waals surface area contributed by atoms with Crippen LogP contribution in [0.4, 0.5) is 11.4 Å². The minimum absolute atomic E-state index is 0.120. The van der Waals surface area contributed by atoms with E-state index in [1.807, 2.05) is 36.4 Å². The fourth-order valence-electron chi connectivity index (χ4n) is 2.68. The smallest absolute Gasteiger partial charge is 0.270 e. The predicted molar refractivity (Wildman–Crippen MR) is 120 cm³/mol. The molecule has 3 aromatic carbocycles. The van der Waals surface area contributed by atoms with Crippen molar-refractivity contribution >= 4 is 39.3 Å². The van der Waals surface area contributed by atoms with Crippen LogP contribution < -0.4 is 10.1 Å². The van der Waals surface area contributed by atoms with Gasteiger partial charge in [0.25, 0.3) is 11.6 Å². The molecule has 0 aromatic heterocycles. The average Bonchev–Trinajstić information content (AvgIpc) is 2.78. The molecule has 3 rings (SSSR count). The maximum Gasteiger partial charge on any atom is 0.270 e. The molecule has 3 aromatic rings. The van der Waals surface area contributed by atoms with Gasteiger partial charge in [-0.1, -0.05) is 48.5 Å². The summed E-state index contributed by atoms with van der Waals surface area (Å²) in [5.74, 6) is -0.113. The molecule has 0 bridgehead atoms. The summed E-state index contributed by atoms with van der Waals surface area (Å²) < 4.78 is 6.20. The number of nitriles is 1. The van der Waals surface area contributed by atoms with Crippen molar-refractivity contribution in [2.24, 2.45) is 0 Å². The zero-order valence-electron chi connectivity index (χ0n) is 16.1. The van der Waals surface area contributed by atoms with E-state index in [1.54, 1.807) is 24.3 Å². The number of hydrogen-bond donors (Lipinski definition) is 1. The first-order valence-corrected chi connectivity index (χ1v) is 9.90. The maximum absolute atomic E-state index is 12.6. The van der Waals surface area contributed by atoms with Crippen molar-refractivity contribution in [1.82, 2.24) is 0 Å². The Morgan fingerprint density at radius 2 is 1.84 bits per heavy atom. The third-order valence-electron chi connectivity index (χ3n) is 4.23. The Hall–Kier alpha value is -3.96. The van der Waals surface area contributed by atoms with Crippen LogP contribution in [0.25, 0.3) is 6.08 Å². The third-order valence-corrected chi connectivity index (χ3v) is 4.89. The first-order valence-electron chi connectivity index (χ1n) is 9.11. The summed E-state index contributed by atoms with van der Waals surface area (Å²) in [7, 11) is 0. The Labute approximate surface area is 186 Å². The highest BCUT2D eigenvalue weighted by atomic mass is 79.9. The van der Waals surface area contributed by atoms with Gasteiger partial charge in [0.2, 0.25) is 0 Å². The number of nitro benzene ring substituents is 1. The molecule has 0 saturated carbocycles. The van der Waals surface area contributed by atoms with E-state index in [2.05, 4.69) is 21.2 Å². The molecule has 8 heteroatoms. The lowest BCUT2D eigenvalue weighted by Gasteiger charge is -2.10. The highest BCUT2D eigenvalue weighted by Gasteiger charge is 2.15. The SMILES string of the molecule is N#C/C(=C\c1ccccc1OCc1ccccc1)C(=O)Nc1ccc([N+](=O)[O-])cc1Br. The van der Waals surface area contributed by atoms with Crippen LogP contribution in [0, 0.1) is 21.4 Å². The molecule has 0 saturated heterocycles. The average molecular weight is 478 g/mol. The van der Waals surface area contributed by atoms with E-state index in [4.69, 9.17) is 4.74 Å². The minimum Gasteiger partial charge on any atom is -0.488 e. The molecule has 0 aliphatic carbocycles. The topological polar surface area (TPSA) is 105 Å². The van der Waals surface area contributed by atoms with Gasteiger partial charge < -0.3 is 10.1 Å². The Morgan fingerprint density at radius 1 is 1.13 bits per heavy atom. The van der Waals surface area contributed by atoms with E-state index < -0.39 is 10.8 Å². The molecular weight excluding hydrogens is 462 g/mol. The Bertz CT molecular complexity index is 1190. The Balaban J connectivity index is 1.79. The van der Waals surface area contributed by atoms with Crippen LogP contribution in [-0.4, -0.2) is 10.8 Å². The van der Waals surface area contributed by atoms with E-state index in [0.717, 1.165) is 5.56 Å². The van der Waals surface area contributed by atoms with Gasteiger partial charge in [0, 0.05) is 22.2 Å². The first-order chi connectivity index (χ1) is 15.0. The van der Waals surface area contributed by atoms with E-state index in [0.29, 0.717) is 28.1 Å². The maximum atomic E-state index is 12.6. The lowest BCUT2D eigenvalue weighted by Crippen LogP contribution is -2.14. The fraction of sp³-hybridized carbons (Fsp3) is 0.0435. The Morgan fingerprint density at radius 3 is 2.52 bits per heavy atom. The van der Waals surface area contributed by atoms with Crippen molar-refractivity contribution in [2.75, 3.05) is 5.32 Å². The van der Waals surface area contributed by atoms with Crippen molar-refractivity contribution in [3.05, 3.63) is 104 Å². The van der Waals surface area contributed by atoms with Gasteiger partial charge in [0.05, 0.1) is 10.6 Å². The number of halogens is 1. The number of carbonyl (C=O) groups is 1. The molecule has 1 amide bonds. The van der Waals surface area contributed by atoms with Crippen molar-refractivity contribution in [3.63, 3.8) is 0 Å². The number of carbonyl (C=O) groups excluding carboxylic acids is 1. The number of hydrogen-bond acceptors (Lipinski definition) is 5. The number of rotatable bonds is 7. The van der Waals surface area contributed by atoms with Crippen LogP contribution in [0.1, 0.15) is 11.1 Å². The number of nitrogens with one attached hydrogen (secondary N) is 1. The standard InChI is InChI=1S/C23H16BrN3O4/c24-20-13-19(27(29)30)10-11-21(20)26-23(28)18(14-25)12-17-8-4-5-9-22(17)31-15-16-6-2-1-3-7-16/h1-13H,15H2,(H,26,28)/b18-12+. The van der Waals surface area contributed by atoms with Crippen LogP contribution >= 0.6 is 15.9 Å². The number of ether oxygens (including phenoxy) is 1. The van der Waals surface area contributed by atoms with Crippen molar-refractivity contribution in [3.8, 4) is 11.8 Å². The molecule has 7 nitrogen and oxygen atoms in total. The molecule has 1 N–H and O–H groups in total. The molecule has 0 aliphatic rings. The van der Waals surface area contributed by atoms with Crippen molar-refractivity contribution < 1.29 is 14.5 Å². The lowest BCUT2D eigenvalue weighted by molar-refractivity contribution is -0.384. The fourth-order valence-corrected chi connectivity index (χ4v) is 3.15. The van der Waals surface area contributed by atoms with Gasteiger partial charge in [-0.3, -0.25) is 14.9 Å². The van der Waals surface area contributed by atoms with Crippen LogP contribution in [0.5, 0.6) is 5.75 Å². The highest BCUT2D eigenvalue weighted by molar-refractivity contribution is 9.10. The van der Waals surface area contributed by atoms with Gasteiger partial charge in [-0.15, -0.1) is 0 Å². The zero-order chi connectivity index (χ0) is 22.2. The summed E-state index contributed by atoms with van der Waals surface area (Å²) >= 11 is 3.19. The normalized spacial score (nSPS) is 10.8. The second-order valence-corrected chi connectivity index (χ2v) is 7.21. The summed E-state index contributed by atoms with van der Waals surface area (Å²) in [6, 6.07) is 22.5. The molecule has 0 atom stereocenters. The zero-order valence-corrected chi connectivity index (χ0v) is 17.7. The van der Waals surface area contributed by atoms with Gasteiger partial charge in [-0.2, -0.15) is 5.26 Å². The highest BCUT2D eigenvalue weighted by Crippen LogP contribution is 2.28. The predicted octanol–water partition coefficient (Wildman–Crippen LogP) is 5.48. The molecule has 0 unspecified atom stereocenters. The number of benzene rings is 3. The Kier molecular flexibility index (Phi) is 7.14. The molecule has 0 heterocycles. The van der Waals surface area contributed by atoms with E-state index in [9.17, 15) is 20.2 Å². The minimum atomic E-state index is -0.644. The lowest BCUT2D eigenvalue weighted by atomic mass is 10.1. The number of para-hydroxylation sites is 1. The van der Waals surface area contributed by atoms with Crippen LogP contribution in [-0.2, 0) is 11.4 Å². The van der Waals surface area contributed by atoms with Gasteiger partial charge >= 0.3 is 0 Å². The van der Waals surface area contributed by atoms with E-state index >= 15 is 0 Å². The second-order valence-electron chi connectivity index (χ2n) is 6.36. The summed E-state index contributed by atoms with van der Waals surface area (Å²) in [5.41, 5.74) is 1.62. The van der Waals surface area contributed by atoms with Crippen LogP contribution in [0.15, 0.2) is 82.8 Å². The van der Waals surface area contributed by atoms with Crippen LogP contribution in [0.3, 0.4) is 0 Å². The van der Waals surface area contributed by atoms with Gasteiger partial charge in [0.1, 0.15) is 24.0 Å². The number of nitrogens with zero attached hydrogens (tertiary/aromatic N) is 2. The number of non-ortho nitro benzene ring substituents is 1. The quantitative estimate of drug-likeness (QED) is 0.210. The molecule has 31 heavy (non-hydrogen) atoms. The summed E-state index contributed by atoms with van der Waals surface area (Å²) in [6.45, 7) is 0.343.